The minimum Gasteiger partial charge on any atom is -0.351 e. The second-order valence-electron chi connectivity index (χ2n) is 8.80. The fraction of sp³-hybridized carbons (Fsp3) is 0.565. The van der Waals surface area contributed by atoms with Crippen LogP contribution in [-0.2, 0) is 4.79 Å². The second kappa shape index (κ2) is 9.25. The van der Waals surface area contributed by atoms with Crippen LogP contribution in [0.2, 0.25) is 0 Å². The Kier molecular flexibility index (Phi) is 6.46. The predicted molar refractivity (Wildman–Crippen MR) is 117 cm³/mol. The number of hydrogen-bond donors (Lipinski definition) is 1. The first-order chi connectivity index (χ1) is 14.5. The van der Waals surface area contributed by atoms with E-state index in [1.54, 1.807) is 10.3 Å². The van der Waals surface area contributed by atoms with Crippen LogP contribution < -0.4 is 5.32 Å². The Morgan fingerprint density at radius 2 is 1.70 bits per heavy atom. The molecule has 0 bridgehead atoms. The number of nitrogens with zero attached hydrogens (tertiary/aromatic N) is 3. The largest absolute Gasteiger partial charge is 0.351 e. The van der Waals surface area contributed by atoms with Gasteiger partial charge in [-0.3, -0.25) is 9.59 Å². The van der Waals surface area contributed by atoms with E-state index in [-0.39, 0.29) is 23.9 Å². The molecule has 2 aliphatic rings. The van der Waals surface area contributed by atoms with Gasteiger partial charge in [-0.1, -0.05) is 61.9 Å². The summed E-state index contributed by atoms with van der Waals surface area (Å²) in [6.07, 6.45) is 7.39. The third kappa shape index (κ3) is 4.72. The third-order valence-electron chi connectivity index (χ3n) is 6.15. The van der Waals surface area contributed by atoms with Gasteiger partial charge in [0.25, 0.3) is 5.91 Å². The van der Waals surface area contributed by atoms with Gasteiger partial charge in [-0.15, -0.1) is 5.10 Å². The van der Waals surface area contributed by atoms with Crippen LogP contribution in [-0.4, -0.2) is 38.4 Å². The SMILES string of the molecule is CC(C)c1ccc([C@H](C(=O)NC2CCCCC2)N(C(=O)c2csnn2)C2CC2)cc1. The van der Waals surface area contributed by atoms with E-state index in [4.69, 9.17) is 0 Å². The lowest BCUT2D eigenvalue weighted by Crippen LogP contribution is -2.48. The molecule has 7 heteroatoms. The predicted octanol–water partition coefficient (Wildman–Crippen LogP) is 4.46. The molecule has 0 radical (unpaired) electrons. The number of nitrogens with one attached hydrogen (secondary N) is 1. The molecule has 2 saturated carbocycles. The van der Waals surface area contributed by atoms with Gasteiger partial charge in [0, 0.05) is 17.5 Å². The Morgan fingerprint density at radius 1 is 1.03 bits per heavy atom. The molecule has 2 aliphatic carbocycles. The summed E-state index contributed by atoms with van der Waals surface area (Å²) in [6, 6.07) is 7.77. The molecule has 1 atom stereocenters. The van der Waals surface area contributed by atoms with Gasteiger partial charge in [0.2, 0.25) is 5.91 Å². The number of rotatable bonds is 7. The highest BCUT2D eigenvalue weighted by Gasteiger charge is 2.42. The summed E-state index contributed by atoms with van der Waals surface area (Å²) < 4.78 is 3.85. The third-order valence-corrected chi connectivity index (χ3v) is 6.66. The van der Waals surface area contributed by atoms with E-state index in [1.807, 2.05) is 12.1 Å². The van der Waals surface area contributed by atoms with Gasteiger partial charge < -0.3 is 10.2 Å². The first kappa shape index (κ1) is 21.0. The Hall–Kier alpha value is -2.28. The Balaban J connectivity index is 1.66. The zero-order valence-electron chi connectivity index (χ0n) is 17.7. The first-order valence-corrected chi connectivity index (χ1v) is 11.9. The molecule has 30 heavy (non-hydrogen) atoms. The summed E-state index contributed by atoms with van der Waals surface area (Å²) in [5.74, 6) is 0.126. The van der Waals surface area contributed by atoms with Gasteiger partial charge in [0.1, 0.15) is 6.04 Å². The van der Waals surface area contributed by atoms with Crippen molar-refractivity contribution in [1.29, 1.82) is 0 Å². The molecular formula is C23H30N4O2S. The van der Waals surface area contributed by atoms with Crippen molar-refractivity contribution >= 4 is 23.3 Å². The lowest BCUT2D eigenvalue weighted by Gasteiger charge is -2.33. The minimum absolute atomic E-state index is 0.0751. The average Bonchev–Trinajstić information content (AvgIpc) is 3.44. The standard InChI is InChI=1S/C23H30N4O2S/c1-15(2)16-8-10-17(11-9-16)21(22(28)24-18-6-4-3-5-7-18)27(19-12-13-19)23(29)20-14-30-26-25-20/h8-11,14-15,18-19,21H,3-7,12-13H2,1-2H3,(H,24,28)/t21-/m1/s1. The first-order valence-electron chi connectivity index (χ1n) is 11.0. The van der Waals surface area contributed by atoms with Crippen molar-refractivity contribution in [2.24, 2.45) is 0 Å². The molecule has 0 unspecified atom stereocenters. The van der Waals surface area contributed by atoms with Crippen molar-refractivity contribution in [3.05, 3.63) is 46.5 Å². The molecule has 1 aromatic heterocycles. The number of carbonyl (C=O) groups excluding carboxylic acids is 2. The van der Waals surface area contributed by atoms with E-state index in [1.165, 1.54) is 12.0 Å². The lowest BCUT2D eigenvalue weighted by atomic mass is 9.94. The number of carbonyl (C=O) groups is 2. The van der Waals surface area contributed by atoms with Crippen LogP contribution in [0.4, 0.5) is 0 Å². The fourth-order valence-corrected chi connectivity index (χ4v) is 4.70. The van der Waals surface area contributed by atoms with Crippen molar-refractivity contribution in [2.75, 3.05) is 0 Å². The van der Waals surface area contributed by atoms with E-state index in [0.29, 0.717) is 11.6 Å². The molecule has 4 rings (SSSR count). The van der Waals surface area contributed by atoms with Gasteiger partial charge in [-0.25, -0.2) is 0 Å². The van der Waals surface area contributed by atoms with Crippen LogP contribution in [0.15, 0.2) is 29.6 Å². The molecule has 1 heterocycles. The van der Waals surface area contributed by atoms with E-state index >= 15 is 0 Å². The molecule has 1 N–H and O–H groups in total. The molecule has 160 valence electrons. The number of benzene rings is 1. The van der Waals surface area contributed by atoms with Gasteiger partial charge >= 0.3 is 0 Å². The molecule has 2 amide bonds. The molecular weight excluding hydrogens is 396 g/mol. The zero-order chi connectivity index (χ0) is 21.1. The van der Waals surface area contributed by atoms with Gasteiger partial charge in [0.15, 0.2) is 5.69 Å². The Morgan fingerprint density at radius 3 is 2.27 bits per heavy atom. The van der Waals surface area contributed by atoms with Crippen LogP contribution in [0.1, 0.15) is 92.4 Å². The van der Waals surface area contributed by atoms with Crippen molar-refractivity contribution in [1.82, 2.24) is 19.8 Å². The van der Waals surface area contributed by atoms with Crippen LogP contribution in [0.25, 0.3) is 0 Å². The maximum absolute atomic E-state index is 13.5. The van der Waals surface area contributed by atoms with Crippen molar-refractivity contribution < 1.29 is 9.59 Å². The quantitative estimate of drug-likeness (QED) is 0.709. The van der Waals surface area contributed by atoms with Gasteiger partial charge in [-0.05, 0) is 54.3 Å². The van der Waals surface area contributed by atoms with E-state index < -0.39 is 6.04 Å². The van der Waals surface area contributed by atoms with Crippen molar-refractivity contribution in [3.8, 4) is 0 Å². The molecule has 0 saturated heterocycles. The molecule has 0 aliphatic heterocycles. The maximum Gasteiger partial charge on any atom is 0.276 e. The molecule has 0 spiro atoms. The van der Waals surface area contributed by atoms with Crippen LogP contribution in [0.3, 0.4) is 0 Å². The fourth-order valence-electron chi connectivity index (χ4n) is 4.27. The minimum atomic E-state index is -0.644. The monoisotopic (exact) mass is 426 g/mol. The highest BCUT2D eigenvalue weighted by atomic mass is 32.1. The smallest absolute Gasteiger partial charge is 0.276 e. The molecule has 2 aromatic rings. The number of amides is 2. The Labute approximate surface area is 182 Å². The maximum atomic E-state index is 13.5. The van der Waals surface area contributed by atoms with E-state index in [9.17, 15) is 9.59 Å². The van der Waals surface area contributed by atoms with Gasteiger partial charge in [0.05, 0.1) is 0 Å². The lowest BCUT2D eigenvalue weighted by molar-refractivity contribution is -0.127. The Bertz CT molecular complexity index is 856. The number of aromatic nitrogens is 2. The summed E-state index contributed by atoms with van der Waals surface area (Å²) in [6.45, 7) is 4.30. The van der Waals surface area contributed by atoms with E-state index in [2.05, 4.69) is 40.9 Å². The summed E-state index contributed by atoms with van der Waals surface area (Å²) in [4.78, 5) is 28.6. The highest BCUT2D eigenvalue weighted by molar-refractivity contribution is 7.03. The molecule has 2 fully saturated rings. The van der Waals surface area contributed by atoms with E-state index in [0.717, 1.165) is 55.6 Å². The summed E-state index contributed by atoms with van der Waals surface area (Å²) in [5.41, 5.74) is 2.40. The van der Waals surface area contributed by atoms with Crippen molar-refractivity contribution in [2.45, 2.75) is 82.8 Å². The van der Waals surface area contributed by atoms with Gasteiger partial charge in [-0.2, -0.15) is 0 Å². The second-order valence-corrected chi connectivity index (χ2v) is 9.41. The molecule has 6 nitrogen and oxygen atoms in total. The summed E-state index contributed by atoms with van der Waals surface area (Å²) in [7, 11) is 0. The van der Waals surface area contributed by atoms with Crippen LogP contribution in [0, 0.1) is 0 Å². The summed E-state index contributed by atoms with van der Waals surface area (Å²) in [5, 5.41) is 8.90. The normalized spacial score (nSPS) is 18.2. The van der Waals surface area contributed by atoms with Crippen molar-refractivity contribution in [3.63, 3.8) is 0 Å². The average molecular weight is 427 g/mol. The molecule has 1 aromatic carbocycles. The van der Waals surface area contributed by atoms with Crippen LogP contribution >= 0.6 is 11.5 Å². The highest BCUT2D eigenvalue weighted by Crippen LogP contribution is 2.36. The summed E-state index contributed by atoms with van der Waals surface area (Å²) >= 11 is 1.16. The zero-order valence-corrected chi connectivity index (χ0v) is 18.5. The topological polar surface area (TPSA) is 75.2 Å². The number of hydrogen-bond acceptors (Lipinski definition) is 5. The van der Waals surface area contributed by atoms with Crippen LogP contribution in [0.5, 0.6) is 0 Å².